The summed E-state index contributed by atoms with van der Waals surface area (Å²) in [7, 11) is 0. The predicted octanol–water partition coefficient (Wildman–Crippen LogP) is 1.35. The lowest BCUT2D eigenvalue weighted by Crippen LogP contribution is -2.54. The Hall–Kier alpha value is -1.10. The molecule has 0 heterocycles. The van der Waals surface area contributed by atoms with Crippen LogP contribution in [0.4, 0.5) is 0 Å². The van der Waals surface area contributed by atoms with Gasteiger partial charge in [0.2, 0.25) is 5.91 Å². The molecule has 0 fully saturated rings. The van der Waals surface area contributed by atoms with Crippen molar-refractivity contribution in [3.05, 3.63) is 0 Å². The molecule has 5 nitrogen and oxygen atoms in total. The van der Waals surface area contributed by atoms with Crippen molar-refractivity contribution in [2.45, 2.75) is 66.5 Å². The van der Waals surface area contributed by atoms with E-state index in [9.17, 15) is 9.59 Å². The second-order valence-corrected chi connectivity index (χ2v) is 6.89. The zero-order chi connectivity index (χ0) is 14.6. The number of hydrogen-bond acceptors (Lipinski definition) is 3. The van der Waals surface area contributed by atoms with Gasteiger partial charge >= 0.3 is 0 Å². The molecular weight excluding hydrogens is 230 g/mol. The van der Waals surface area contributed by atoms with Crippen LogP contribution in [0.3, 0.4) is 0 Å². The van der Waals surface area contributed by atoms with Gasteiger partial charge in [0.15, 0.2) is 0 Å². The van der Waals surface area contributed by atoms with Crippen molar-refractivity contribution in [2.75, 3.05) is 0 Å². The van der Waals surface area contributed by atoms with Gasteiger partial charge < -0.3 is 5.32 Å². The average molecular weight is 257 g/mol. The number of hydrazine groups is 1. The smallest absolute Gasteiger partial charge is 0.255 e. The first-order valence-electron chi connectivity index (χ1n) is 6.27. The van der Waals surface area contributed by atoms with Crippen molar-refractivity contribution in [1.29, 1.82) is 0 Å². The predicted molar refractivity (Wildman–Crippen MR) is 72.7 cm³/mol. The van der Waals surface area contributed by atoms with Gasteiger partial charge in [0.1, 0.15) is 0 Å². The van der Waals surface area contributed by atoms with Crippen LogP contribution < -0.4 is 16.2 Å². The van der Waals surface area contributed by atoms with Crippen LogP contribution >= 0.6 is 0 Å². The monoisotopic (exact) mass is 257 g/mol. The van der Waals surface area contributed by atoms with Crippen molar-refractivity contribution in [3.63, 3.8) is 0 Å². The average Bonchev–Trinajstić information content (AvgIpc) is 2.08. The van der Waals surface area contributed by atoms with E-state index in [1.165, 1.54) is 0 Å². The zero-order valence-corrected chi connectivity index (χ0v) is 12.6. The topological polar surface area (TPSA) is 70.2 Å². The Morgan fingerprint density at radius 2 is 1.50 bits per heavy atom. The molecule has 5 heteroatoms. The summed E-state index contributed by atoms with van der Waals surface area (Å²) in [6, 6.07) is -0.361. The summed E-state index contributed by atoms with van der Waals surface area (Å²) in [5.74, 6) is -0.425. The van der Waals surface area contributed by atoms with Crippen LogP contribution in [0.25, 0.3) is 0 Å². The van der Waals surface area contributed by atoms with E-state index >= 15 is 0 Å². The van der Waals surface area contributed by atoms with Crippen LogP contribution in [0.1, 0.15) is 54.9 Å². The SMILES string of the molecule is CC(NC(C)(C)C)C(=O)NNC(=O)CC(C)(C)C. The molecule has 0 aromatic carbocycles. The molecule has 0 rings (SSSR count). The third kappa shape index (κ3) is 8.98. The molecule has 2 amide bonds. The van der Waals surface area contributed by atoms with Crippen LogP contribution in [0, 0.1) is 5.41 Å². The fourth-order valence-electron chi connectivity index (χ4n) is 1.48. The molecule has 1 atom stereocenters. The molecule has 0 aliphatic carbocycles. The first-order chi connectivity index (χ1) is 7.91. The first-order valence-corrected chi connectivity index (χ1v) is 6.27. The second kappa shape index (κ2) is 6.18. The Morgan fingerprint density at radius 1 is 1.00 bits per heavy atom. The minimum absolute atomic E-state index is 0.0932. The molecular formula is C13H27N3O2. The van der Waals surface area contributed by atoms with E-state index in [-0.39, 0.29) is 28.8 Å². The molecule has 0 aromatic rings. The van der Waals surface area contributed by atoms with Crippen molar-refractivity contribution in [3.8, 4) is 0 Å². The number of hydrogen-bond donors (Lipinski definition) is 3. The first kappa shape index (κ1) is 16.9. The minimum atomic E-state index is -0.361. The number of carbonyl (C=O) groups is 2. The van der Waals surface area contributed by atoms with Gasteiger partial charge in [-0.2, -0.15) is 0 Å². The quantitative estimate of drug-likeness (QED) is 0.668. The fourth-order valence-corrected chi connectivity index (χ4v) is 1.48. The van der Waals surface area contributed by atoms with Crippen molar-refractivity contribution in [1.82, 2.24) is 16.2 Å². The Balaban J connectivity index is 4.07. The molecule has 0 spiro atoms. The Bertz CT molecular complexity index is 300. The molecule has 0 aliphatic heterocycles. The van der Waals surface area contributed by atoms with Gasteiger partial charge in [-0.1, -0.05) is 20.8 Å². The van der Waals surface area contributed by atoms with Crippen molar-refractivity contribution < 1.29 is 9.59 Å². The zero-order valence-electron chi connectivity index (χ0n) is 12.6. The van der Waals surface area contributed by atoms with Gasteiger partial charge in [-0.25, -0.2) is 0 Å². The number of carbonyl (C=O) groups excluding carboxylic acids is 2. The second-order valence-electron chi connectivity index (χ2n) is 6.89. The number of rotatable bonds is 3. The third-order valence-electron chi connectivity index (χ3n) is 2.06. The molecule has 0 radical (unpaired) electrons. The standard InChI is InChI=1S/C13H27N3O2/c1-9(14-13(5,6)7)11(18)16-15-10(17)8-12(2,3)4/h9,14H,8H2,1-7H3,(H,15,17)(H,16,18). The van der Waals surface area contributed by atoms with Gasteiger partial charge in [-0.05, 0) is 33.1 Å². The molecule has 0 saturated heterocycles. The van der Waals surface area contributed by atoms with E-state index in [1.807, 2.05) is 41.5 Å². The summed E-state index contributed by atoms with van der Waals surface area (Å²) in [6.07, 6.45) is 0.369. The molecule has 0 saturated carbocycles. The van der Waals surface area contributed by atoms with Gasteiger partial charge in [-0.3, -0.25) is 20.4 Å². The van der Waals surface area contributed by atoms with E-state index in [0.29, 0.717) is 6.42 Å². The lowest BCUT2D eigenvalue weighted by atomic mass is 9.92. The molecule has 0 bridgehead atoms. The Kier molecular flexibility index (Phi) is 5.80. The van der Waals surface area contributed by atoms with E-state index in [2.05, 4.69) is 16.2 Å². The van der Waals surface area contributed by atoms with Crippen LogP contribution in [0.15, 0.2) is 0 Å². The Labute approximate surface area is 110 Å². The summed E-state index contributed by atoms with van der Waals surface area (Å²) in [6.45, 7) is 13.6. The van der Waals surface area contributed by atoms with Crippen LogP contribution in [0.5, 0.6) is 0 Å². The van der Waals surface area contributed by atoms with Gasteiger partial charge in [0.05, 0.1) is 6.04 Å². The van der Waals surface area contributed by atoms with Crippen molar-refractivity contribution in [2.24, 2.45) is 5.41 Å². The summed E-state index contributed by atoms with van der Waals surface area (Å²) in [5, 5.41) is 3.13. The largest absolute Gasteiger partial charge is 0.301 e. The van der Waals surface area contributed by atoms with Crippen LogP contribution in [-0.4, -0.2) is 23.4 Å². The maximum Gasteiger partial charge on any atom is 0.255 e. The van der Waals surface area contributed by atoms with Crippen LogP contribution in [-0.2, 0) is 9.59 Å². The van der Waals surface area contributed by atoms with E-state index < -0.39 is 0 Å². The summed E-state index contributed by atoms with van der Waals surface area (Å²) in [4.78, 5) is 23.2. The number of amides is 2. The molecule has 18 heavy (non-hydrogen) atoms. The molecule has 0 aliphatic rings. The van der Waals surface area contributed by atoms with Gasteiger partial charge in [-0.15, -0.1) is 0 Å². The van der Waals surface area contributed by atoms with Gasteiger partial charge in [0, 0.05) is 12.0 Å². The fraction of sp³-hybridized carbons (Fsp3) is 0.846. The summed E-state index contributed by atoms with van der Waals surface area (Å²) >= 11 is 0. The van der Waals surface area contributed by atoms with E-state index in [4.69, 9.17) is 0 Å². The summed E-state index contributed by atoms with van der Waals surface area (Å²) in [5.41, 5.74) is 4.61. The van der Waals surface area contributed by atoms with Gasteiger partial charge in [0.25, 0.3) is 5.91 Å². The molecule has 106 valence electrons. The highest BCUT2D eigenvalue weighted by atomic mass is 16.2. The third-order valence-corrected chi connectivity index (χ3v) is 2.06. The highest BCUT2D eigenvalue weighted by Crippen LogP contribution is 2.17. The molecule has 3 N–H and O–H groups in total. The van der Waals surface area contributed by atoms with Crippen LogP contribution in [0.2, 0.25) is 0 Å². The lowest BCUT2D eigenvalue weighted by Gasteiger charge is -2.25. The number of nitrogens with one attached hydrogen (secondary N) is 3. The molecule has 0 aromatic heterocycles. The maximum atomic E-state index is 11.7. The Morgan fingerprint density at radius 3 is 1.89 bits per heavy atom. The van der Waals surface area contributed by atoms with Crippen molar-refractivity contribution >= 4 is 11.8 Å². The normalized spacial score (nSPS) is 13.9. The van der Waals surface area contributed by atoms with E-state index in [1.54, 1.807) is 6.92 Å². The van der Waals surface area contributed by atoms with E-state index in [0.717, 1.165) is 0 Å². The summed E-state index contributed by atoms with van der Waals surface area (Å²) < 4.78 is 0. The maximum absolute atomic E-state index is 11.7. The molecule has 1 unspecified atom stereocenters. The highest BCUT2D eigenvalue weighted by Gasteiger charge is 2.20. The highest BCUT2D eigenvalue weighted by molar-refractivity contribution is 5.85. The lowest BCUT2D eigenvalue weighted by molar-refractivity contribution is -0.130. The minimum Gasteiger partial charge on any atom is -0.301 e.